The van der Waals surface area contributed by atoms with Gasteiger partial charge in [0, 0.05) is 11.7 Å². The van der Waals surface area contributed by atoms with Gasteiger partial charge in [-0.3, -0.25) is 4.79 Å². The molecule has 0 fully saturated rings. The van der Waals surface area contributed by atoms with E-state index in [9.17, 15) is 9.59 Å². The van der Waals surface area contributed by atoms with Crippen molar-refractivity contribution in [2.75, 3.05) is 7.11 Å². The second-order valence-corrected chi connectivity index (χ2v) is 6.35. The molecule has 0 saturated heterocycles. The molecule has 1 aliphatic heterocycles. The summed E-state index contributed by atoms with van der Waals surface area (Å²) >= 11 is 0. The summed E-state index contributed by atoms with van der Waals surface area (Å²) in [6.45, 7) is 5.64. The Bertz CT molecular complexity index is 916. The minimum absolute atomic E-state index is 0.0365. The predicted octanol–water partition coefficient (Wildman–Crippen LogP) is 3.92. The van der Waals surface area contributed by atoms with Gasteiger partial charge in [-0.15, -0.1) is 0 Å². The summed E-state index contributed by atoms with van der Waals surface area (Å²) in [5.41, 5.74) is 2.27. The number of amides is 1. The molecule has 0 unspecified atom stereocenters. The summed E-state index contributed by atoms with van der Waals surface area (Å²) in [5.74, 6) is -0.652. The Morgan fingerprint density at radius 1 is 1.12 bits per heavy atom. The maximum atomic E-state index is 12.9. The summed E-state index contributed by atoms with van der Waals surface area (Å²) in [6, 6.07) is 13.9. The summed E-state index contributed by atoms with van der Waals surface area (Å²) in [5, 5.41) is 2.12. The molecule has 4 nitrogen and oxygen atoms in total. The lowest BCUT2D eigenvalue weighted by Gasteiger charge is -2.22. The SMILES string of the molecule is COC(=O)C1=C(C)N(C(C)C)C(=O)/C1=C\c1cccc2ccccc12. The molecule has 1 aliphatic rings. The van der Waals surface area contributed by atoms with Crippen molar-refractivity contribution in [3.8, 4) is 0 Å². The number of hydrogen-bond donors (Lipinski definition) is 0. The highest BCUT2D eigenvalue weighted by Gasteiger charge is 2.38. The monoisotopic (exact) mass is 335 g/mol. The predicted molar refractivity (Wildman–Crippen MR) is 98.6 cm³/mol. The van der Waals surface area contributed by atoms with Crippen molar-refractivity contribution in [3.05, 3.63) is 64.9 Å². The maximum absolute atomic E-state index is 12.9. The van der Waals surface area contributed by atoms with E-state index in [1.807, 2.05) is 56.3 Å². The first-order valence-electron chi connectivity index (χ1n) is 8.28. The third kappa shape index (κ3) is 2.84. The number of carbonyl (C=O) groups excluding carboxylic acids is 2. The highest BCUT2D eigenvalue weighted by Crippen LogP contribution is 2.34. The van der Waals surface area contributed by atoms with Gasteiger partial charge in [-0.1, -0.05) is 42.5 Å². The molecule has 0 aliphatic carbocycles. The molecule has 3 rings (SSSR count). The lowest BCUT2D eigenvalue weighted by Crippen LogP contribution is -2.31. The second kappa shape index (κ2) is 6.55. The van der Waals surface area contributed by atoms with Gasteiger partial charge in [-0.2, -0.15) is 0 Å². The molecule has 0 radical (unpaired) electrons. The van der Waals surface area contributed by atoms with Crippen molar-refractivity contribution in [2.45, 2.75) is 26.8 Å². The van der Waals surface area contributed by atoms with Crippen LogP contribution in [0.5, 0.6) is 0 Å². The zero-order valence-corrected chi connectivity index (χ0v) is 14.9. The minimum atomic E-state index is -0.486. The standard InChI is InChI=1S/C21H21NO3/c1-13(2)22-14(3)19(21(24)25-4)18(20(22)23)12-16-10-7-9-15-8-5-6-11-17(15)16/h5-13H,1-4H3/b18-12-. The van der Waals surface area contributed by atoms with Gasteiger partial charge in [0.2, 0.25) is 0 Å². The number of allylic oxidation sites excluding steroid dienone is 1. The highest BCUT2D eigenvalue weighted by molar-refractivity contribution is 6.17. The van der Waals surface area contributed by atoms with Crippen LogP contribution in [-0.4, -0.2) is 29.9 Å². The van der Waals surface area contributed by atoms with Crippen LogP contribution in [0.3, 0.4) is 0 Å². The smallest absolute Gasteiger partial charge is 0.340 e. The molecule has 1 heterocycles. The van der Waals surface area contributed by atoms with Crippen LogP contribution >= 0.6 is 0 Å². The number of ether oxygens (including phenoxy) is 1. The van der Waals surface area contributed by atoms with Crippen LogP contribution in [0.15, 0.2) is 59.3 Å². The Balaban J connectivity index is 2.21. The van der Waals surface area contributed by atoms with E-state index in [4.69, 9.17) is 4.74 Å². The second-order valence-electron chi connectivity index (χ2n) is 6.35. The van der Waals surface area contributed by atoms with Crippen LogP contribution in [0.1, 0.15) is 26.3 Å². The van der Waals surface area contributed by atoms with Gasteiger partial charge in [0.15, 0.2) is 0 Å². The first-order chi connectivity index (χ1) is 12.0. The van der Waals surface area contributed by atoms with E-state index in [0.29, 0.717) is 16.8 Å². The zero-order chi connectivity index (χ0) is 18.1. The Morgan fingerprint density at radius 3 is 2.48 bits per heavy atom. The Kier molecular flexibility index (Phi) is 4.45. The minimum Gasteiger partial charge on any atom is -0.465 e. The summed E-state index contributed by atoms with van der Waals surface area (Å²) in [7, 11) is 1.33. The number of nitrogens with zero attached hydrogens (tertiary/aromatic N) is 1. The van der Waals surface area contributed by atoms with Crippen LogP contribution in [0, 0.1) is 0 Å². The quantitative estimate of drug-likeness (QED) is 0.631. The van der Waals surface area contributed by atoms with E-state index >= 15 is 0 Å². The first-order valence-corrected chi connectivity index (χ1v) is 8.28. The molecular formula is C21H21NO3. The van der Waals surface area contributed by atoms with E-state index in [1.165, 1.54) is 7.11 Å². The molecule has 0 saturated carbocycles. The van der Waals surface area contributed by atoms with Gasteiger partial charge >= 0.3 is 5.97 Å². The molecule has 1 amide bonds. The number of benzene rings is 2. The third-order valence-corrected chi connectivity index (χ3v) is 4.47. The van der Waals surface area contributed by atoms with Crippen LogP contribution < -0.4 is 0 Å². The summed E-state index contributed by atoms with van der Waals surface area (Å²) < 4.78 is 4.92. The van der Waals surface area contributed by atoms with Crippen molar-refractivity contribution >= 4 is 28.7 Å². The molecule has 0 spiro atoms. The number of esters is 1. The highest BCUT2D eigenvalue weighted by atomic mass is 16.5. The van der Waals surface area contributed by atoms with Gasteiger partial charge in [0.1, 0.15) is 0 Å². The third-order valence-electron chi connectivity index (χ3n) is 4.47. The zero-order valence-electron chi connectivity index (χ0n) is 14.9. The summed E-state index contributed by atoms with van der Waals surface area (Å²) in [4.78, 5) is 26.9. The molecular weight excluding hydrogens is 314 g/mol. The van der Waals surface area contributed by atoms with Crippen molar-refractivity contribution < 1.29 is 14.3 Å². The maximum Gasteiger partial charge on any atom is 0.340 e. The Hall–Kier alpha value is -2.88. The van der Waals surface area contributed by atoms with E-state index < -0.39 is 5.97 Å². The molecule has 4 heteroatoms. The molecule has 0 aromatic heterocycles. The fraction of sp³-hybridized carbons (Fsp3) is 0.238. The summed E-state index contributed by atoms with van der Waals surface area (Å²) in [6.07, 6.45) is 1.79. The van der Waals surface area contributed by atoms with Crippen LogP contribution in [0.2, 0.25) is 0 Å². The molecule has 0 atom stereocenters. The fourth-order valence-electron chi connectivity index (χ4n) is 3.35. The van der Waals surface area contributed by atoms with E-state index in [1.54, 1.807) is 17.9 Å². The molecule has 0 bridgehead atoms. The number of fused-ring (bicyclic) bond motifs is 1. The van der Waals surface area contributed by atoms with Gasteiger partial charge in [-0.25, -0.2) is 4.79 Å². The van der Waals surface area contributed by atoms with Crippen LogP contribution in [-0.2, 0) is 14.3 Å². The van der Waals surface area contributed by atoms with Gasteiger partial charge in [-0.05, 0) is 43.2 Å². The molecule has 2 aromatic carbocycles. The van der Waals surface area contributed by atoms with E-state index in [2.05, 4.69) is 0 Å². The van der Waals surface area contributed by atoms with E-state index in [-0.39, 0.29) is 11.9 Å². The lowest BCUT2D eigenvalue weighted by molar-refractivity contribution is -0.136. The largest absolute Gasteiger partial charge is 0.465 e. The number of methoxy groups -OCH3 is 1. The Labute approximate surface area is 147 Å². The average molecular weight is 335 g/mol. The van der Waals surface area contributed by atoms with Gasteiger partial charge < -0.3 is 9.64 Å². The topological polar surface area (TPSA) is 46.6 Å². The van der Waals surface area contributed by atoms with Crippen LogP contribution in [0.25, 0.3) is 16.8 Å². The number of rotatable bonds is 3. The average Bonchev–Trinajstić information content (AvgIpc) is 2.85. The van der Waals surface area contributed by atoms with Crippen molar-refractivity contribution in [3.63, 3.8) is 0 Å². The Morgan fingerprint density at radius 2 is 1.80 bits per heavy atom. The number of hydrogen-bond acceptors (Lipinski definition) is 3. The van der Waals surface area contributed by atoms with Gasteiger partial charge in [0.05, 0.1) is 18.3 Å². The molecule has 0 N–H and O–H groups in total. The van der Waals surface area contributed by atoms with Crippen LogP contribution in [0.4, 0.5) is 0 Å². The van der Waals surface area contributed by atoms with E-state index in [0.717, 1.165) is 16.3 Å². The van der Waals surface area contributed by atoms with Crippen molar-refractivity contribution in [2.24, 2.45) is 0 Å². The van der Waals surface area contributed by atoms with Gasteiger partial charge in [0.25, 0.3) is 5.91 Å². The normalized spacial score (nSPS) is 16.4. The first kappa shape index (κ1) is 17.0. The lowest BCUT2D eigenvalue weighted by atomic mass is 9.99. The number of carbonyl (C=O) groups is 2. The fourth-order valence-corrected chi connectivity index (χ4v) is 3.35. The van der Waals surface area contributed by atoms with Crippen molar-refractivity contribution in [1.29, 1.82) is 0 Å². The van der Waals surface area contributed by atoms with Crippen molar-refractivity contribution in [1.82, 2.24) is 4.90 Å². The molecule has 128 valence electrons. The molecule has 2 aromatic rings. The molecule has 25 heavy (non-hydrogen) atoms.